The summed E-state index contributed by atoms with van der Waals surface area (Å²) in [5, 5.41) is 0. The van der Waals surface area contributed by atoms with Crippen molar-refractivity contribution in [3.63, 3.8) is 0 Å². The standard InChI is InChI=1S/C15H15N/c1-13-15(11-6-12-16-13)10-5-9-14-7-3-2-4-8-14/h2-9,11-12H,10H2,1H3. The van der Waals surface area contributed by atoms with E-state index in [2.05, 4.69) is 47.5 Å². The lowest BCUT2D eigenvalue weighted by Gasteiger charge is -1.99. The predicted molar refractivity (Wildman–Crippen MR) is 68.2 cm³/mol. The summed E-state index contributed by atoms with van der Waals surface area (Å²) in [4.78, 5) is 4.27. The van der Waals surface area contributed by atoms with Crippen molar-refractivity contribution in [1.29, 1.82) is 0 Å². The highest BCUT2D eigenvalue weighted by Crippen LogP contribution is 2.07. The minimum absolute atomic E-state index is 0.939. The molecule has 2 rings (SSSR count). The van der Waals surface area contributed by atoms with Crippen LogP contribution in [0.2, 0.25) is 0 Å². The maximum Gasteiger partial charge on any atom is 0.0407 e. The van der Waals surface area contributed by atoms with Gasteiger partial charge in [0.05, 0.1) is 0 Å². The maximum atomic E-state index is 4.27. The topological polar surface area (TPSA) is 12.9 Å². The molecule has 0 aliphatic rings. The fraction of sp³-hybridized carbons (Fsp3) is 0.133. The van der Waals surface area contributed by atoms with Crippen LogP contribution in [0.15, 0.2) is 54.7 Å². The van der Waals surface area contributed by atoms with E-state index in [1.54, 1.807) is 0 Å². The van der Waals surface area contributed by atoms with Gasteiger partial charge in [0.1, 0.15) is 0 Å². The van der Waals surface area contributed by atoms with Crippen LogP contribution >= 0.6 is 0 Å². The van der Waals surface area contributed by atoms with Gasteiger partial charge < -0.3 is 0 Å². The number of nitrogens with zero attached hydrogens (tertiary/aromatic N) is 1. The smallest absolute Gasteiger partial charge is 0.0407 e. The van der Waals surface area contributed by atoms with E-state index in [1.807, 2.05) is 25.3 Å². The molecule has 1 heteroatoms. The third kappa shape index (κ3) is 2.80. The summed E-state index contributed by atoms with van der Waals surface area (Å²) in [7, 11) is 0. The fourth-order valence-electron chi connectivity index (χ4n) is 1.62. The first-order chi connectivity index (χ1) is 7.86. The molecule has 16 heavy (non-hydrogen) atoms. The van der Waals surface area contributed by atoms with Gasteiger partial charge in [0.25, 0.3) is 0 Å². The van der Waals surface area contributed by atoms with Gasteiger partial charge in [-0.05, 0) is 30.5 Å². The maximum absolute atomic E-state index is 4.27. The lowest BCUT2D eigenvalue weighted by atomic mass is 10.1. The van der Waals surface area contributed by atoms with Crippen LogP contribution in [-0.4, -0.2) is 4.98 Å². The summed E-state index contributed by atoms with van der Waals surface area (Å²) in [6.45, 7) is 2.05. The average Bonchev–Trinajstić information content (AvgIpc) is 2.33. The first kappa shape index (κ1) is 10.6. The summed E-state index contributed by atoms with van der Waals surface area (Å²) in [5.41, 5.74) is 3.64. The van der Waals surface area contributed by atoms with E-state index in [0.717, 1.165) is 12.1 Å². The van der Waals surface area contributed by atoms with Crippen molar-refractivity contribution < 1.29 is 0 Å². The molecule has 0 unspecified atom stereocenters. The summed E-state index contributed by atoms with van der Waals surface area (Å²) in [6, 6.07) is 14.4. The molecule has 1 nitrogen and oxygen atoms in total. The molecular formula is C15H15N. The molecule has 80 valence electrons. The quantitative estimate of drug-likeness (QED) is 0.752. The molecule has 0 fully saturated rings. The van der Waals surface area contributed by atoms with E-state index < -0.39 is 0 Å². The van der Waals surface area contributed by atoms with Crippen LogP contribution in [0.5, 0.6) is 0 Å². The Kier molecular flexibility index (Phi) is 3.50. The monoisotopic (exact) mass is 209 g/mol. The van der Waals surface area contributed by atoms with Crippen LogP contribution < -0.4 is 0 Å². The molecule has 0 radical (unpaired) electrons. The Morgan fingerprint density at radius 1 is 1.06 bits per heavy atom. The second-order valence-corrected chi connectivity index (χ2v) is 3.77. The van der Waals surface area contributed by atoms with Crippen molar-refractivity contribution in [2.24, 2.45) is 0 Å². The minimum atomic E-state index is 0.939. The zero-order chi connectivity index (χ0) is 11.2. The second-order valence-electron chi connectivity index (χ2n) is 3.77. The van der Waals surface area contributed by atoms with Crippen LogP contribution in [0.4, 0.5) is 0 Å². The van der Waals surface area contributed by atoms with E-state index in [9.17, 15) is 0 Å². The van der Waals surface area contributed by atoms with Gasteiger partial charge in [0.2, 0.25) is 0 Å². The largest absolute Gasteiger partial charge is 0.261 e. The van der Waals surface area contributed by atoms with Crippen molar-refractivity contribution in [3.8, 4) is 0 Å². The average molecular weight is 209 g/mol. The van der Waals surface area contributed by atoms with Gasteiger partial charge in [-0.3, -0.25) is 4.98 Å². The number of aryl methyl sites for hydroxylation is 1. The van der Waals surface area contributed by atoms with Crippen molar-refractivity contribution in [3.05, 3.63) is 71.6 Å². The number of benzene rings is 1. The van der Waals surface area contributed by atoms with Crippen LogP contribution in [0.3, 0.4) is 0 Å². The van der Waals surface area contributed by atoms with Crippen LogP contribution in [-0.2, 0) is 6.42 Å². The van der Waals surface area contributed by atoms with Crippen LogP contribution in [0.1, 0.15) is 16.8 Å². The van der Waals surface area contributed by atoms with Gasteiger partial charge in [0, 0.05) is 11.9 Å². The Morgan fingerprint density at radius 3 is 2.62 bits per heavy atom. The molecule has 2 aromatic rings. The lowest BCUT2D eigenvalue weighted by molar-refractivity contribution is 1.10. The third-order valence-electron chi connectivity index (χ3n) is 2.56. The highest BCUT2D eigenvalue weighted by atomic mass is 14.7. The fourth-order valence-corrected chi connectivity index (χ4v) is 1.62. The Hall–Kier alpha value is -1.89. The predicted octanol–water partition coefficient (Wildman–Crippen LogP) is 3.65. The molecular weight excluding hydrogens is 194 g/mol. The van der Waals surface area contributed by atoms with Crippen LogP contribution in [0, 0.1) is 6.92 Å². The van der Waals surface area contributed by atoms with E-state index in [1.165, 1.54) is 11.1 Å². The number of allylic oxidation sites excluding steroid dienone is 1. The number of aromatic nitrogens is 1. The van der Waals surface area contributed by atoms with E-state index in [-0.39, 0.29) is 0 Å². The van der Waals surface area contributed by atoms with Crippen molar-refractivity contribution >= 4 is 6.08 Å². The zero-order valence-electron chi connectivity index (χ0n) is 9.43. The van der Waals surface area contributed by atoms with Crippen molar-refractivity contribution in [1.82, 2.24) is 4.98 Å². The molecule has 0 atom stereocenters. The minimum Gasteiger partial charge on any atom is -0.261 e. The Labute approximate surface area is 96.5 Å². The van der Waals surface area contributed by atoms with Crippen molar-refractivity contribution in [2.75, 3.05) is 0 Å². The molecule has 0 saturated heterocycles. The number of hydrogen-bond acceptors (Lipinski definition) is 1. The van der Waals surface area contributed by atoms with Crippen molar-refractivity contribution in [2.45, 2.75) is 13.3 Å². The highest BCUT2D eigenvalue weighted by Gasteiger charge is 1.94. The number of pyridine rings is 1. The highest BCUT2D eigenvalue weighted by molar-refractivity contribution is 5.49. The van der Waals surface area contributed by atoms with Gasteiger partial charge in [0.15, 0.2) is 0 Å². The summed E-state index contributed by atoms with van der Waals surface area (Å²) in [6.07, 6.45) is 7.10. The second kappa shape index (κ2) is 5.26. The molecule has 0 aliphatic heterocycles. The third-order valence-corrected chi connectivity index (χ3v) is 2.56. The van der Waals surface area contributed by atoms with E-state index in [4.69, 9.17) is 0 Å². The summed E-state index contributed by atoms with van der Waals surface area (Å²) < 4.78 is 0. The first-order valence-electron chi connectivity index (χ1n) is 5.48. The first-order valence-corrected chi connectivity index (χ1v) is 5.48. The van der Waals surface area contributed by atoms with Gasteiger partial charge in [-0.15, -0.1) is 0 Å². The Morgan fingerprint density at radius 2 is 1.88 bits per heavy atom. The molecule has 0 bridgehead atoms. The van der Waals surface area contributed by atoms with Gasteiger partial charge in [-0.25, -0.2) is 0 Å². The molecule has 0 N–H and O–H groups in total. The normalized spacial score (nSPS) is 10.8. The zero-order valence-corrected chi connectivity index (χ0v) is 9.43. The Bertz CT molecular complexity index is 472. The van der Waals surface area contributed by atoms with E-state index in [0.29, 0.717) is 0 Å². The molecule has 1 aromatic heterocycles. The molecule has 0 saturated carbocycles. The number of hydrogen-bond donors (Lipinski definition) is 0. The SMILES string of the molecule is Cc1ncccc1CC=Cc1ccccc1. The van der Waals surface area contributed by atoms with Crippen LogP contribution in [0.25, 0.3) is 6.08 Å². The molecule has 0 amide bonds. The lowest BCUT2D eigenvalue weighted by Crippen LogP contribution is -1.89. The molecule has 0 aliphatic carbocycles. The molecule has 1 aromatic carbocycles. The summed E-state index contributed by atoms with van der Waals surface area (Å²) >= 11 is 0. The summed E-state index contributed by atoms with van der Waals surface area (Å²) in [5.74, 6) is 0. The molecule has 1 heterocycles. The van der Waals surface area contributed by atoms with Gasteiger partial charge >= 0.3 is 0 Å². The van der Waals surface area contributed by atoms with Gasteiger partial charge in [-0.2, -0.15) is 0 Å². The molecule has 0 spiro atoms. The Balaban J connectivity index is 2.03. The van der Waals surface area contributed by atoms with E-state index >= 15 is 0 Å². The number of rotatable bonds is 3. The van der Waals surface area contributed by atoms with Gasteiger partial charge in [-0.1, -0.05) is 48.6 Å².